The predicted molar refractivity (Wildman–Crippen MR) is 70.7 cm³/mol. The van der Waals surface area contributed by atoms with Crippen molar-refractivity contribution in [1.82, 2.24) is 4.98 Å². The van der Waals surface area contributed by atoms with Crippen molar-refractivity contribution >= 4 is 29.1 Å². The highest BCUT2D eigenvalue weighted by Gasteiger charge is 2.11. The number of halogens is 1. The summed E-state index contributed by atoms with van der Waals surface area (Å²) in [6.45, 7) is -2.52. The molecule has 0 bridgehead atoms. The van der Waals surface area contributed by atoms with Gasteiger partial charge in [0.2, 0.25) is 0 Å². The molecule has 0 unspecified atom stereocenters. The maximum Gasteiger partial charge on any atom is 0.339 e. The van der Waals surface area contributed by atoms with Gasteiger partial charge < -0.3 is 10.4 Å². The number of carbonyl (C=O) groups is 1. The molecule has 92 valence electrons. The van der Waals surface area contributed by atoms with Crippen LogP contribution in [-0.4, -0.2) is 16.1 Å². The summed E-state index contributed by atoms with van der Waals surface area (Å²) in [6, 6.07) is 5.25. The Hall–Kier alpha value is -2.07. The van der Waals surface area contributed by atoms with E-state index >= 15 is 0 Å². The molecule has 5 heteroatoms. The fraction of sp³-hybridized carbons (Fsp3) is 0.0769. The molecule has 2 N–H and O–H groups in total. The fourth-order valence-corrected chi connectivity index (χ4v) is 1.54. The van der Waals surface area contributed by atoms with Crippen LogP contribution in [0.25, 0.3) is 0 Å². The smallest absolute Gasteiger partial charge is 0.339 e. The number of carboxylic acid groups (broad SMARTS) is 1. The van der Waals surface area contributed by atoms with Crippen molar-refractivity contribution in [2.24, 2.45) is 0 Å². The van der Waals surface area contributed by atoms with E-state index in [-0.39, 0.29) is 33.7 Å². The quantitative estimate of drug-likeness (QED) is 0.893. The Morgan fingerprint density at radius 1 is 1.56 bits per heavy atom. The summed E-state index contributed by atoms with van der Waals surface area (Å²) in [6.07, 6.45) is 1.37. The van der Waals surface area contributed by atoms with Crippen molar-refractivity contribution in [3.63, 3.8) is 0 Å². The molecule has 0 spiro atoms. The maximum atomic E-state index is 11.2. The first-order valence-corrected chi connectivity index (χ1v) is 5.34. The third kappa shape index (κ3) is 2.43. The summed E-state index contributed by atoms with van der Waals surface area (Å²) in [5, 5.41) is 11.7. The van der Waals surface area contributed by atoms with Crippen LogP contribution in [0.2, 0.25) is 5.02 Å². The molecular formula is C13H11ClN2O2. The van der Waals surface area contributed by atoms with Crippen LogP contribution in [0.5, 0.6) is 0 Å². The van der Waals surface area contributed by atoms with E-state index in [9.17, 15) is 4.79 Å². The van der Waals surface area contributed by atoms with Gasteiger partial charge in [-0.15, -0.1) is 0 Å². The van der Waals surface area contributed by atoms with Crippen LogP contribution in [-0.2, 0) is 0 Å². The van der Waals surface area contributed by atoms with Gasteiger partial charge >= 0.3 is 5.97 Å². The van der Waals surface area contributed by atoms with Crippen LogP contribution < -0.4 is 5.32 Å². The second kappa shape index (κ2) is 5.06. The zero-order valence-corrected chi connectivity index (χ0v) is 9.82. The van der Waals surface area contributed by atoms with Crippen LogP contribution in [0.3, 0.4) is 0 Å². The number of nitrogens with zero attached hydrogens (tertiary/aromatic N) is 1. The molecule has 0 saturated carbocycles. The van der Waals surface area contributed by atoms with Crippen molar-refractivity contribution in [3.05, 3.63) is 52.7 Å². The lowest BCUT2D eigenvalue weighted by Crippen LogP contribution is -2.05. The molecule has 0 aliphatic carbocycles. The third-order valence-corrected chi connectivity index (χ3v) is 2.54. The number of benzene rings is 1. The lowest BCUT2D eigenvalue weighted by Gasteiger charge is -2.11. The van der Waals surface area contributed by atoms with Crippen molar-refractivity contribution in [1.29, 1.82) is 0 Å². The van der Waals surface area contributed by atoms with E-state index in [4.69, 9.17) is 22.2 Å². The van der Waals surface area contributed by atoms with E-state index in [0.717, 1.165) is 0 Å². The normalized spacial score (nSPS) is 14.1. The molecule has 1 aromatic carbocycles. The number of rotatable bonds is 3. The number of aromatic carboxylic acids is 1. The van der Waals surface area contributed by atoms with Gasteiger partial charge in [-0.1, -0.05) is 17.6 Å². The molecule has 0 radical (unpaired) electrons. The Morgan fingerprint density at radius 3 is 3.11 bits per heavy atom. The SMILES string of the molecule is [2H]c1cc(Cl)c(C([2H])([2H])[2H])c(Nc2ncccc2C(=O)O)c1. The highest BCUT2D eigenvalue weighted by molar-refractivity contribution is 6.31. The summed E-state index contributed by atoms with van der Waals surface area (Å²) in [5.74, 6) is -1.23. The van der Waals surface area contributed by atoms with Gasteiger partial charge in [-0.05, 0) is 36.7 Å². The van der Waals surface area contributed by atoms with Gasteiger partial charge in [-0.2, -0.15) is 0 Å². The minimum absolute atomic E-state index is 0.00620. The van der Waals surface area contributed by atoms with Gasteiger partial charge in [0.15, 0.2) is 0 Å². The average molecular weight is 267 g/mol. The zero-order chi connectivity index (χ0) is 16.5. The second-order valence-electron chi connectivity index (χ2n) is 3.42. The molecule has 2 aromatic rings. The summed E-state index contributed by atoms with van der Waals surface area (Å²) >= 11 is 5.93. The first-order chi connectivity index (χ1) is 10.2. The highest BCUT2D eigenvalue weighted by Crippen LogP contribution is 2.26. The van der Waals surface area contributed by atoms with Crippen molar-refractivity contribution < 1.29 is 15.4 Å². The van der Waals surface area contributed by atoms with E-state index < -0.39 is 12.8 Å². The van der Waals surface area contributed by atoms with E-state index in [2.05, 4.69) is 10.3 Å². The second-order valence-corrected chi connectivity index (χ2v) is 3.83. The van der Waals surface area contributed by atoms with Crippen LogP contribution >= 0.6 is 11.6 Å². The minimum atomic E-state index is -2.52. The minimum Gasteiger partial charge on any atom is -0.478 e. The zero-order valence-electron chi connectivity index (χ0n) is 13.1. The number of nitrogens with one attached hydrogen (secondary N) is 1. The number of anilines is 2. The summed E-state index contributed by atoms with van der Waals surface area (Å²) in [7, 11) is 0. The highest BCUT2D eigenvalue weighted by atomic mass is 35.5. The fourth-order valence-electron chi connectivity index (χ4n) is 1.37. The summed E-state index contributed by atoms with van der Waals surface area (Å²) < 4.78 is 30.3. The monoisotopic (exact) mass is 266 g/mol. The predicted octanol–water partition coefficient (Wildman–Crippen LogP) is 3.49. The molecule has 0 atom stereocenters. The van der Waals surface area contributed by atoms with Gasteiger partial charge in [0, 0.05) is 21.0 Å². The van der Waals surface area contributed by atoms with Gasteiger partial charge in [0.25, 0.3) is 0 Å². The topological polar surface area (TPSA) is 62.2 Å². The van der Waals surface area contributed by atoms with E-state index in [1.807, 2.05) is 0 Å². The van der Waals surface area contributed by atoms with Crippen molar-refractivity contribution in [2.45, 2.75) is 6.85 Å². The van der Waals surface area contributed by atoms with Crippen molar-refractivity contribution in [3.8, 4) is 0 Å². The Balaban J connectivity index is 2.57. The number of carboxylic acids is 1. The molecule has 0 aliphatic rings. The van der Waals surface area contributed by atoms with Gasteiger partial charge in [-0.25, -0.2) is 9.78 Å². The van der Waals surface area contributed by atoms with Crippen LogP contribution in [0.15, 0.2) is 36.5 Å². The Kier molecular flexibility index (Phi) is 2.28. The number of hydrogen-bond acceptors (Lipinski definition) is 3. The lowest BCUT2D eigenvalue weighted by atomic mass is 10.2. The third-order valence-electron chi connectivity index (χ3n) is 2.24. The van der Waals surface area contributed by atoms with E-state index in [1.165, 1.54) is 30.5 Å². The maximum absolute atomic E-state index is 11.2. The number of hydrogen-bond donors (Lipinski definition) is 2. The van der Waals surface area contributed by atoms with Gasteiger partial charge in [0.1, 0.15) is 11.4 Å². The van der Waals surface area contributed by atoms with E-state index in [0.29, 0.717) is 0 Å². The van der Waals surface area contributed by atoms with Crippen molar-refractivity contribution in [2.75, 3.05) is 5.32 Å². The van der Waals surface area contributed by atoms with Gasteiger partial charge in [0.05, 0.1) is 1.37 Å². The molecular weight excluding hydrogens is 252 g/mol. The van der Waals surface area contributed by atoms with Crippen LogP contribution in [0.1, 0.15) is 21.4 Å². The molecule has 0 fully saturated rings. The molecule has 0 aliphatic heterocycles. The number of pyridine rings is 1. The molecule has 1 aromatic heterocycles. The summed E-state index contributed by atoms with van der Waals surface area (Å²) in [4.78, 5) is 15.1. The average Bonchev–Trinajstić information content (AvgIpc) is 2.36. The molecule has 0 amide bonds. The van der Waals surface area contributed by atoms with Gasteiger partial charge in [-0.3, -0.25) is 0 Å². The Labute approximate surface area is 115 Å². The number of aromatic nitrogens is 1. The first kappa shape index (κ1) is 8.11. The molecule has 0 saturated heterocycles. The molecule has 18 heavy (non-hydrogen) atoms. The largest absolute Gasteiger partial charge is 0.478 e. The van der Waals surface area contributed by atoms with Crippen LogP contribution in [0, 0.1) is 6.85 Å². The first-order valence-electron chi connectivity index (χ1n) is 6.96. The standard InChI is InChI=1S/C13H11ClN2O2/c1-8-10(14)5-2-6-11(8)16-12-9(13(17)18)4-3-7-15-12/h2-7H,1H3,(H,15,16)(H,17,18)/i1D3,2D. The Morgan fingerprint density at radius 2 is 2.39 bits per heavy atom. The van der Waals surface area contributed by atoms with E-state index in [1.54, 1.807) is 0 Å². The molecule has 4 nitrogen and oxygen atoms in total. The Bertz CT molecular complexity index is 734. The summed E-state index contributed by atoms with van der Waals surface area (Å²) in [5.41, 5.74) is -0.281. The molecule has 2 rings (SSSR count). The van der Waals surface area contributed by atoms with Crippen LogP contribution in [0.4, 0.5) is 11.5 Å². The lowest BCUT2D eigenvalue weighted by molar-refractivity contribution is 0.0697. The molecule has 1 heterocycles.